The summed E-state index contributed by atoms with van der Waals surface area (Å²) in [6.07, 6.45) is 4.47. The lowest BCUT2D eigenvalue weighted by Crippen LogP contribution is -2.45. The van der Waals surface area contributed by atoms with Gasteiger partial charge in [0.25, 0.3) is 0 Å². The molecule has 6 heteroatoms. The minimum atomic E-state index is 0.239. The van der Waals surface area contributed by atoms with Crippen molar-refractivity contribution in [2.75, 3.05) is 53.6 Å². The van der Waals surface area contributed by atoms with Gasteiger partial charge in [-0.1, -0.05) is 0 Å². The molecular formula is C22H32N2O4. The van der Waals surface area contributed by atoms with Crippen LogP contribution in [0.2, 0.25) is 0 Å². The molecule has 0 radical (unpaired) electrons. The van der Waals surface area contributed by atoms with Crippen molar-refractivity contribution in [3.05, 3.63) is 23.3 Å². The van der Waals surface area contributed by atoms with Crippen molar-refractivity contribution in [3.8, 4) is 11.5 Å². The number of amides is 1. The number of fused-ring (bicyclic) bond motifs is 1. The average Bonchev–Trinajstić information content (AvgIpc) is 3.27. The van der Waals surface area contributed by atoms with Crippen molar-refractivity contribution >= 4 is 5.91 Å². The molecule has 1 unspecified atom stereocenters. The number of hydrogen-bond acceptors (Lipinski definition) is 5. The maximum atomic E-state index is 12.9. The zero-order valence-electron chi connectivity index (χ0n) is 17.1. The number of piperidine rings is 1. The number of nitrogens with zero attached hydrogens (tertiary/aromatic N) is 2. The van der Waals surface area contributed by atoms with E-state index in [-0.39, 0.29) is 5.91 Å². The second kappa shape index (κ2) is 8.70. The first-order valence-corrected chi connectivity index (χ1v) is 10.5. The van der Waals surface area contributed by atoms with Gasteiger partial charge in [-0.3, -0.25) is 9.69 Å². The highest BCUT2D eigenvalue weighted by Gasteiger charge is 2.31. The highest BCUT2D eigenvalue weighted by Crippen LogP contribution is 2.34. The van der Waals surface area contributed by atoms with Crippen LogP contribution in [0, 0.1) is 11.8 Å². The summed E-state index contributed by atoms with van der Waals surface area (Å²) in [5.74, 6) is 3.25. The Morgan fingerprint density at radius 2 is 1.75 bits per heavy atom. The van der Waals surface area contributed by atoms with E-state index in [1.807, 2.05) is 17.0 Å². The summed E-state index contributed by atoms with van der Waals surface area (Å²) >= 11 is 0. The first-order valence-electron chi connectivity index (χ1n) is 10.5. The summed E-state index contributed by atoms with van der Waals surface area (Å²) in [6, 6.07) is 4.07. The second-order valence-electron chi connectivity index (χ2n) is 8.28. The molecule has 0 aromatic heterocycles. The minimum absolute atomic E-state index is 0.239. The van der Waals surface area contributed by atoms with E-state index in [1.165, 1.54) is 24.8 Å². The summed E-state index contributed by atoms with van der Waals surface area (Å²) in [5.41, 5.74) is 2.42. The van der Waals surface area contributed by atoms with Crippen LogP contribution >= 0.6 is 0 Å². The third-order valence-electron chi connectivity index (χ3n) is 6.69. The van der Waals surface area contributed by atoms with Crippen LogP contribution in [0.3, 0.4) is 0 Å². The molecule has 3 aliphatic heterocycles. The van der Waals surface area contributed by atoms with E-state index in [0.717, 1.165) is 68.2 Å². The van der Waals surface area contributed by atoms with E-state index in [9.17, 15) is 4.79 Å². The molecule has 2 fully saturated rings. The molecule has 1 amide bonds. The Balaban J connectivity index is 1.31. The Kier molecular flexibility index (Phi) is 6.07. The number of ether oxygens (including phenoxy) is 3. The van der Waals surface area contributed by atoms with Crippen molar-refractivity contribution < 1.29 is 19.0 Å². The van der Waals surface area contributed by atoms with Gasteiger partial charge in [-0.2, -0.15) is 0 Å². The number of rotatable bonds is 5. The van der Waals surface area contributed by atoms with E-state index < -0.39 is 0 Å². The summed E-state index contributed by atoms with van der Waals surface area (Å²) in [7, 11) is 3.31. The Hall–Kier alpha value is -1.79. The van der Waals surface area contributed by atoms with Gasteiger partial charge in [-0.25, -0.2) is 0 Å². The van der Waals surface area contributed by atoms with Gasteiger partial charge in [0.05, 0.1) is 20.8 Å². The Labute approximate surface area is 167 Å². The Morgan fingerprint density at radius 1 is 1.04 bits per heavy atom. The van der Waals surface area contributed by atoms with Gasteiger partial charge in [-0.15, -0.1) is 0 Å². The van der Waals surface area contributed by atoms with Crippen molar-refractivity contribution in [2.24, 2.45) is 11.8 Å². The highest BCUT2D eigenvalue weighted by atomic mass is 16.5. The third-order valence-corrected chi connectivity index (χ3v) is 6.69. The molecule has 1 aromatic carbocycles. The van der Waals surface area contributed by atoms with E-state index in [2.05, 4.69) is 4.90 Å². The maximum absolute atomic E-state index is 12.9. The van der Waals surface area contributed by atoms with E-state index in [0.29, 0.717) is 13.1 Å². The van der Waals surface area contributed by atoms with Crippen LogP contribution in [0.5, 0.6) is 11.5 Å². The smallest absolute Gasteiger partial charge is 0.237 e. The van der Waals surface area contributed by atoms with Gasteiger partial charge in [0.15, 0.2) is 11.5 Å². The van der Waals surface area contributed by atoms with Crippen molar-refractivity contribution in [2.45, 2.75) is 32.2 Å². The van der Waals surface area contributed by atoms with Gasteiger partial charge >= 0.3 is 0 Å². The van der Waals surface area contributed by atoms with E-state index in [4.69, 9.17) is 14.2 Å². The number of likely N-dealkylation sites (tertiary alicyclic amines) is 1. The normalized spacial score (nSPS) is 23.5. The molecule has 1 atom stereocenters. The summed E-state index contributed by atoms with van der Waals surface area (Å²) in [4.78, 5) is 17.2. The predicted octanol–water partition coefficient (Wildman–Crippen LogP) is 2.34. The van der Waals surface area contributed by atoms with Crippen LogP contribution in [0.1, 0.15) is 30.4 Å². The van der Waals surface area contributed by atoms with E-state index in [1.54, 1.807) is 14.2 Å². The van der Waals surface area contributed by atoms with Crippen molar-refractivity contribution in [1.82, 2.24) is 9.80 Å². The van der Waals surface area contributed by atoms with Gasteiger partial charge in [0.2, 0.25) is 5.91 Å². The van der Waals surface area contributed by atoms with Crippen LogP contribution in [0.25, 0.3) is 0 Å². The van der Waals surface area contributed by atoms with Crippen LogP contribution in [0.15, 0.2) is 12.1 Å². The molecule has 28 heavy (non-hydrogen) atoms. The predicted molar refractivity (Wildman–Crippen MR) is 107 cm³/mol. The van der Waals surface area contributed by atoms with Crippen LogP contribution in [0.4, 0.5) is 0 Å². The molecule has 4 rings (SSSR count). The van der Waals surface area contributed by atoms with E-state index >= 15 is 0 Å². The topological polar surface area (TPSA) is 51.2 Å². The molecule has 0 spiro atoms. The van der Waals surface area contributed by atoms with Gasteiger partial charge < -0.3 is 19.1 Å². The molecule has 154 valence electrons. The number of carbonyl (C=O) groups is 1. The summed E-state index contributed by atoms with van der Waals surface area (Å²) in [6.45, 7) is 5.89. The molecule has 0 saturated carbocycles. The molecule has 0 N–H and O–H groups in total. The van der Waals surface area contributed by atoms with Gasteiger partial charge in [0.1, 0.15) is 0 Å². The summed E-state index contributed by atoms with van der Waals surface area (Å²) < 4.78 is 16.4. The monoisotopic (exact) mass is 388 g/mol. The number of benzene rings is 1. The van der Waals surface area contributed by atoms with Crippen LogP contribution in [-0.2, 0) is 22.5 Å². The molecule has 3 heterocycles. The molecule has 0 bridgehead atoms. The average molecular weight is 389 g/mol. The van der Waals surface area contributed by atoms with Gasteiger partial charge in [0, 0.05) is 26.3 Å². The molecule has 1 aromatic rings. The Morgan fingerprint density at radius 3 is 2.39 bits per heavy atom. The third kappa shape index (κ3) is 4.13. The second-order valence-corrected chi connectivity index (χ2v) is 8.28. The number of carbonyl (C=O) groups excluding carboxylic acids is 1. The molecule has 3 aliphatic rings. The fourth-order valence-corrected chi connectivity index (χ4v) is 4.89. The largest absolute Gasteiger partial charge is 0.493 e. The fourth-order valence-electron chi connectivity index (χ4n) is 4.89. The number of hydrogen-bond donors (Lipinski definition) is 0. The highest BCUT2D eigenvalue weighted by molar-refractivity contribution is 5.78. The Bertz CT molecular complexity index is 694. The SMILES string of the molecule is COc1cc2c(cc1OC)CN(C(=O)CN1CCC(C3CCOC3)CC1)CC2. The standard InChI is InChI=1S/C22H32N2O4/c1-26-20-11-17-5-9-24(13-19(17)12-21(20)27-2)22(25)14-23-7-3-16(4-8-23)18-6-10-28-15-18/h11-12,16,18H,3-10,13-15H2,1-2H3. The summed E-state index contributed by atoms with van der Waals surface area (Å²) in [5, 5.41) is 0. The van der Waals surface area contributed by atoms with Crippen LogP contribution < -0.4 is 9.47 Å². The molecular weight excluding hydrogens is 356 g/mol. The lowest BCUT2D eigenvalue weighted by atomic mass is 9.84. The molecule has 6 nitrogen and oxygen atoms in total. The molecule has 0 aliphatic carbocycles. The minimum Gasteiger partial charge on any atom is -0.493 e. The zero-order chi connectivity index (χ0) is 19.5. The fraction of sp³-hybridized carbons (Fsp3) is 0.682. The maximum Gasteiger partial charge on any atom is 0.237 e. The van der Waals surface area contributed by atoms with Crippen molar-refractivity contribution in [3.63, 3.8) is 0 Å². The quantitative estimate of drug-likeness (QED) is 0.775. The first-order chi connectivity index (χ1) is 13.7. The van der Waals surface area contributed by atoms with Crippen LogP contribution in [-0.4, -0.2) is 69.3 Å². The number of methoxy groups -OCH3 is 2. The lowest BCUT2D eigenvalue weighted by molar-refractivity contribution is -0.133. The van der Waals surface area contributed by atoms with Crippen molar-refractivity contribution in [1.29, 1.82) is 0 Å². The molecule has 2 saturated heterocycles. The first kappa shape index (κ1) is 19.5. The lowest BCUT2D eigenvalue weighted by Gasteiger charge is -2.36. The zero-order valence-corrected chi connectivity index (χ0v) is 17.1. The van der Waals surface area contributed by atoms with Gasteiger partial charge in [-0.05, 0) is 73.9 Å².